The van der Waals surface area contributed by atoms with Gasteiger partial charge in [-0.05, 0) is 12.5 Å². The molecule has 0 aliphatic heterocycles. The molecule has 0 bridgehead atoms. The standard InChI is InChI=1S/C14H13NO3S/c1-8-6-4-5-7-10(8)13-15-11(14(17)18-3)12(19-13)9(2)16/h4-7H,1-3H3. The van der Waals surface area contributed by atoms with Crippen LogP contribution in [0, 0.1) is 6.92 Å². The zero-order valence-corrected chi connectivity index (χ0v) is 11.7. The van der Waals surface area contributed by atoms with Gasteiger partial charge >= 0.3 is 5.97 Å². The Morgan fingerprint density at radius 1 is 1.26 bits per heavy atom. The van der Waals surface area contributed by atoms with Gasteiger partial charge in [0.15, 0.2) is 11.5 Å². The first-order valence-corrected chi connectivity index (χ1v) is 6.52. The van der Waals surface area contributed by atoms with E-state index in [4.69, 9.17) is 0 Å². The van der Waals surface area contributed by atoms with Crippen LogP contribution in [0.5, 0.6) is 0 Å². The number of ether oxygens (including phenoxy) is 1. The van der Waals surface area contributed by atoms with Crippen LogP contribution in [0.1, 0.15) is 32.6 Å². The van der Waals surface area contributed by atoms with Gasteiger partial charge in [-0.25, -0.2) is 9.78 Å². The van der Waals surface area contributed by atoms with Crippen molar-refractivity contribution in [2.75, 3.05) is 7.11 Å². The number of rotatable bonds is 3. The fourth-order valence-electron chi connectivity index (χ4n) is 1.72. The lowest BCUT2D eigenvalue weighted by Gasteiger charge is -1.99. The van der Waals surface area contributed by atoms with E-state index in [0.717, 1.165) is 11.1 Å². The Balaban J connectivity index is 2.58. The molecule has 0 spiro atoms. The van der Waals surface area contributed by atoms with Crippen molar-refractivity contribution in [3.8, 4) is 10.6 Å². The van der Waals surface area contributed by atoms with Gasteiger partial charge in [-0.2, -0.15) is 0 Å². The van der Waals surface area contributed by atoms with Crippen LogP contribution < -0.4 is 0 Å². The largest absolute Gasteiger partial charge is 0.464 e. The number of carbonyl (C=O) groups excluding carboxylic acids is 2. The minimum absolute atomic E-state index is 0.0956. The van der Waals surface area contributed by atoms with E-state index in [2.05, 4.69) is 9.72 Å². The van der Waals surface area contributed by atoms with Gasteiger partial charge in [0.2, 0.25) is 0 Å². The quantitative estimate of drug-likeness (QED) is 0.638. The summed E-state index contributed by atoms with van der Waals surface area (Å²) in [5.41, 5.74) is 2.06. The molecule has 0 aliphatic carbocycles. The first-order valence-electron chi connectivity index (χ1n) is 5.70. The van der Waals surface area contributed by atoms with E-state index in [1.54, 1.807) is 0 Å². The second-order valence-electron chi connectivity index (χ2n) is 4.06. The average molecular weight is 275 g/mol. The summed E-state index contributed by atoms with van der Waals surface area (Å²) in [6.45, 7) is 3.38. The van der Waals surface area contributed by atoms with E-state index < -0.39 is 5.97 Å². The molecule has 1 aromatic carbocycles. The van der Waals surface area contributed by atoms with Crippen LogP contribution in [0.2, 0.25) is 0 Å². The maximum absolute atomic E-state index is 11.6. The molecule has 0 saturated heterocycles. The number of carbonyl (C=O) groups is 2. The number of methoxy groups -OCH3 is 1. The summed E-state index contributed by atoms with van der Waals surface area (Å²) in [5, 5.41) is 0.656. The normalized spacial score (nSPS) is 10.3. The zero-order chi connectivity index (χ0) is 14.0. The summed E-state index contributed by atoms with van der Waals surface area (Å²) in [4.78, 5) is 27.8. The van der Waals surface area contributed by atoms with Crippen LogP contribution >= 0.6 is 11.3 Å². The molecule has 0 unspecified atom stereocenters. The average Bonchev–Trinajstić information content (AvgIpc) is 2.83. The van der Waals surface area contributed by atoms with Crippen molar-refractivity contribution in [1.82, 2.24) is 4.98 Å². The molecule has 5 heteroatoms. The van der Waals surface area contributed by atoms with Gasteiger partial charge in [0.25, 0.3) is 0 Å². The number of nitrogens with zero attached hydrogens (tertiary/aromatic N) is 1. The minimum atomic E-state index is -0.582. The zero-order valence-electron chi connectivity index (χ0n) is 10.9. The van der Waals surface area contributed by atoms with Crippen LogP contribution in [0.25, 0.3) is 10.6 Å². The van der Waals surface area contributed by atoms with Gasteiger partial charge in [-0.1, -0.05) is 24.3 Å². The van der Waals surface area contributed by atoms with Crippen molar-refractivity contribution in [3.05, 3.63) is 40.4 Å². The molecule has 1 heterocycles. The van der Waals surface area contributed by atoms with E-state index in [1.165, 1.54) is 25.4 Å². The second kappa shape index (κ2) is 5.32. The lowest BCUT2D eigenvalue weighted by Crippen LogP contribution is -2.06. The Hall–Kier alpha value is -2.01. The van der Waals surface area contributed by atoms with E-state index in [1.807, 2.05) is 31.2 Å². The maximum atomic E-state index is 11.6. The second-order valence-corrected chi connectivity index (χ2v) is 5.06. The molecular weight excluding hydrogens is 262 g/mol. The first kappa shape index (κ1) is 13.4. The van der Waals surface area contributed by atoms with Crippen molar-refractivity contribution in [2.24, 2.45) is 0 Å². The van der Waals surface area contributed by atoms with E-state index in [0.29, 0.717) is 9.88 Å². The first-order chi connectivity index (χ1) is 9.04. The van der Waals surface area contributed by atoms with Crippen LogP contribution in [0.15, 0.2) is 24.3 Å². The predicted octanol–water partition coefficient (Wildman–Crippen LogP) is 3.11. The molecule has 0 radical (unpaired) electrons. The summed E-state index contributed by atoms with van der Waals surface area (Å²) >= 11 is 1.22. The fraction of sp³-hybridized carbons (Fsp3) is 0.214. The molecule has 4 nitrogen and oxygen atoms in total. The summed E-state index contributed by atoms with van der Waals surface area (Å²) in [7, 11) is 1.28. The van der Waals surface area contributed by atoms with Crippen molar-refractivity contribution in [1.29, 1.82) is 0 Å². The number of hydrogen-bond donors (Lipinski definition) is 0. The molecule has 19 heavy (non-hydrogen) atoms. The molecular formula is C14H13NO3S. The Bertz CT molecular complexity index is 646. The fourth-order valence-corrected chi connectivity index (χ4v) is 2.76. The number of ketones is 1. The SMILES string of the molecule is COC(=O)c1nc(-c2ccccc2C)sc1C(C)=O. The maximum Gasteiger partial charge on any atom is 0.358 e. The lowest BCUT2D eigenvalue weighted by atomic mass is 10.1. The van der Waals surface area contributed by atoms with E-state index >= 15 is 0 Å². The highest BCUT2D eigenvalue weighted by Gasteiger charge is 2.22. The summed E-state index contributed by atoms with van der Waals surface area (Å²) in [6, 6.07) is 7.70. The van der Waals surface area contributed by atoms with Gasteiger partial charge in [0, 0.05) is 12.5 Å². The van der Waals surface area contributed by atoms with Gasteiger partial charge < -0.3 is 4.74 Å². The molecule has 0 fully saturated rings. The lowest BCUT2D eigenvalue weighted by molar-refractivity contribution is 0.0591. The van der Waals surface area contributed by atoms with E-state index in [-0.39, 0.29) is 11.5 Å². The number of Topliss-reactive ketones (excluding diaryl/α,β-unsaturated/α-hetero) is 1. The summed E-state index contributed by atoms with van der Waals surface area (Å²) < 4.78 is 4.66. The molecule has 2 rings (SSSR count). The molecule has 1 aromatic heterocycles. The molecule has 0 N–H and O–H groups in total. The number of aromatic nitrogens is 1. The van der Waals surface area contributed by atoms with Crippen LogP contribution in [0.4, 0.5) is 0 Å². The molecule has 98 valence electrons. The third-order valence-electron chi connectivity index (χ3n) is 2.70. The van der Waals surface area contributed by atoms with Gasteiger partial charge in [-0.15, -0.1) is 11.3 Å². The monoisotopic (exact) mass is 275 g/mol. The van der Waals surface area contributed by atoms with Crippen molar-refractivity contribution >= 4 is 23.1 Å². The molecule has 0 amide bonds. The van der Waals surface area contributed by atoms with Crippen LogP contribution in [0.3, 0.4) is 0 Å². The molecule has 0 aliphatic rings. The highest BCUT2D eigenvalue weighted by atomic mass is 32.1. The topological polar surface area (TPSA) is 56.3 Å². The Labute approximate surface area is 115 Å². The molecule has 0 atom stereocenters. The van der Waals surface area contributed by atoms with E-state index in [9.17, 15) is 9.59 Å². The van der Waals surface area contributed by atoms with Gasteiger partial charge in [0.05, 0.1) is 7.11 Å². The Kier molecular flexibility index (Phi) is 3.76. The third-order valence-corrected chi connectivity index (χ3v) is 3.89. The van der Waals surface area contributed by atoms with Gasteiger partial charge in [0.1, 0.15) is 9.88 Å². The Morgan fingerprint density at radius 2 is 1.95 bits per heavy atom. The number of thiazole rings is 1. The van der Waals surface area contributed by atoms with Crippen molar-refractivity contribution < 1.29 is 14.3 Å². The number of benzene rings is 1. The summed E-state index contributed by atoms with van der Waals surface area (Å²) in [6.07, 6.45) is 0. The number of aryl methyl sites for hydroxylation is 1. The van der Waals surface area contributed by atoms with Gasteiger partial charge in [-0.3, -0.25) is 4.79 Å². The highest BCUT2D eigenvalue weighted by Crippen LogP contribution is 2.30. The Morgan fingerprint density at radius 3 is 2.53 bits per heavy atom. The number of esters is 1. The van der Waals surface area contributed by atoms with Crippen LogP contribution in [-0.4, -0.2) is 23.8 Å². The predicted molar refractivity (Wildman–Crippen MR) is 73.6 cm³/mol. The van der Waals surface area contributed by atoms with Crippen molar-refractivity contribution in [2.45, 2.75) is 13.8 Å². The van der Waals surface area contributed by atoms with Crippen LogP contribution in [-0.2, 0) is 4.74 Å². The molecule has 0 saturated carbocycles. The third kappa shape index (κ3) is 2.56. The highest BCUT2D eigenvalue weighted by molar-refractivity contribution is 7.17. The number of hydrogen-bond acceptors (Lipinski definition) is 5. The minimum Gasteiger partial charge on any atom is -0.464 e. The smallest absolute Gasteiger partial charge is 0.358 e. The summed E-state index contributed by atoms with van der Waals surface area (Å²) in [5.74, 6) is -0.765. The van der Waals surface area contributed by atoms with Crippen molar-refractivity contribution in [3.63, 3.8) is 0 Å². The molecule has 2 aromatic rings.